The van der Waals surface area contributed by atoms with Gasteiger partial charge in [-0.2, -0.15) is 0 Å². The zero-order valence-electron chi connectivity index (χ0n) is 10.6. The Morgan fingerprint density at radius 2 is 2.39 bits per heavy atom. The third-order valence-corrected chi connectivity index (χ3v) is 3.48. The molecule has 1 saturated carbocycles. The monoisotopic (exact) mass is 249 g/mol. The molecular formula is C13H19N3O2. The van der Waals surface area contributed by atoms with Gasteiger partial charge in [-0.25, -0.2) is 4.98 Å². The van der Waals surface area contributed by atoms with E-state index in [2.05, 4.69) is 10.1 Å². The normalized spacial score (nSPS) is 16.4. The minimum absolute atomic E-state index is 0.0410. The molecular weight excluding hydrogens is 230 g/mol. The van der Waals surface area contributed by atoms with Crippen LogP contribution in [0.25, 0.3) is 0 Å². The Morgan fingerprint density at radius 3 is 3.00 bits per heavy atom. The van der Waals surface area contributed by atoms with E-state index in [1.807, 2.05) is 13.0 Å². The summed E-state index contributed by atoms with van der Waals surface area (Å²) >= 11 is 0. The number of hydrogen-bond acceptors (Lipinski definition) is 4. The van der Waals surface area contributed by atoms with E-state index in [4.69, 9.17) is 15.7 Å². The van der Waals surface area contributed by atoms with Crippen LogP contribution in [-0.4, -0.2) is 22.6 Å². The highest BCUT2D eigenvalue weighted by atomic mass is 16.5. The summed E-state index contributed by atoms with van der Waals surface area (Å²) in [5.74, 6) is 1.28. The summed E-state index contributed by atoms with van der Waals surface area (Å²) in [5.41, 5.74) is 7.11. The zero-order chi connectivity index (χ0) is 13.0. The van der Waals surface area contributed by atoms with Gasteiger partial charge >= 0.3 is 0 Å². The minimum atomic E-state index is 0.0410. The Bertz CT molecular complexity index is 442. The molecule has 1 aromatic heterocycles. The smallest absolute Gasteiger partial charge is 0.224 e. The molecule has 0 aliphatic heterocycles. The van der Waals surface area contributed by atoms with Crippen LogP contribution in [0.15, 0.2) is 17.4 Å². The van der Waals surface area contributed by atoms with Crippen molar-refractivity contribution in [1.29, 1.82) is 0 Å². The highest BCUT2D eigenvalue weighted by Gasteiger charge is 2.18. The van der Waals surface area contributed by atoms with E-state index in [0.717, 1.165) is 17.9 Å². The molecule has 2 rings (SSSR count). The van der Waals surface area contributed by atoms with E-state index in [1.165, 1.54) is 19.3 Å². The van der Waals surface area contributed by atoms with Crippen LogP contribution in [0.4, 0.5) is 0 Å². The molecule has 0 spiro atoms. The van der Waals surface area contributed by atoms with E-state index in [0.29, 0.717) is 18.1 Å². The minimum Gasteiger partial charge on any atom is -0.477 e. The number of aromatic nitrogens is 1. The molecule has 5 nitrogen and oxygen atoms in total. The summed E-state index contributed by atoms with van der Waals surface area (Å²) in [7, 11) is 0. The molecule has 1 aliphatic carbocycles. The topological polar surface area (TPSA) is 80.7 Å². The Balaban J connectivity index is 2.04. The van der Waals surface area contributed by atoms with Gasteiger partial charge in [-0.15, -0.1) is 0 Å². The van der Waals surface area contributed by atoms with E-state index >= 15 is 0 Å². The molecule has 98 valence electrons. The van der Waals surface area contributed by atoms with Crippen LogP contribution in [0.1, 0.15) is 36.8 Å². The molecule has 0 bridgehead atoms. The third kappa shape index (κ3) is 2.72. The highest BCUT2D eigenvalue weighted by Crippen LogP contribution is 2.29. The number of aryl methyl sites for hydroxylation is 1. The van der Waals surface area contributed by atoms with Crippen molar-refractivity contribution in [2.75, 3.05) is 6.61 Å². The standard InChI is InChI=1S/C13H19N3O2/c1-9-5-7-15-13(11(9)12(14)16-17)18-8-6-10-3-2-4-10/h5,7,10,17H,2-4,6,8H2,1H3,(H2,14,16). The van der Waals surface area contributed by atoms with Crippen LogP contribution < -0.4 is 10.5 Å². The fourth-order valence-corrected chi connectivity index (χ4v) is 2.11. The van der Waals surface area contributed by atoms with Crippen molar-refractivity contribution >= 4 is 5.84 Å². The molecule has 1 aliphatic rings. The number of hydrogen-bond donors (Lipinski definition) is 2. The van der Waals surface area contributed by atoms with Gasteiger partial charge in [0, 0.05) is 6.20 Å². The van der Waals surface area contributed by atoms with Gasteiger partial charge in [0.15, 0.2) is 5.84 Å². The van der Waals surface area contributed by atoms with Gasteiger partial charge in [0.1, 0.15) is 0 Å². The molecule has 18 heavy (non-hydrogen) atoms. The van der Waals surface area contributed by atoms with Crippen molar-refractivity contribution in [3.63, 3.8) is 0 Å². The largest absolute Gasteiger partial charge is 0.477 e. The number of nitrogens with two attached hydrogens (primary N) is 1. The van der Waals surface area contributed by atoms with Crippen LogP contribution in [0.5, 0.6) is 5.88 Å². The second-order valence-corrected chi connectivity index (χ2v) is 4.73. The molecule has 5 heteroatoms. The van der Waals surface area contributed by atoms with Crippen LogP contribution in [0, 0.1) is 12.8 Å². The van der Waals surface area contributed by atoms with E-state index in [1.54, 1.807) is 6.20 Å². The Morgan fingerprint density at radius 1 is 1.61 bits per heavy atom. The molecule has 0 saturated heterocycles. The quantitative estimate of drug-likeness (QED) is 0.362. The molecule has 0 atom stereocenters. The summed E-state index contributed by atoms with van der Waals surface area (Å²) < 4.78 is 5.66. The number of rotatable bonds is 5. The maximum Gasteiger partial charge on any atom is 0.224 e. The van der Waals surface area contributed by atoms with Gasteiger partial charge in [-0.05, 0) is 30.9 Å². The number of pyridine rings is 1. The zero-order valence-corrected chi connectivity index (χ0v) is 10.6. The maximum absolute atomic E-state index is 8.78. The lowest BCUT2D eigenvalue weighted by atomic mass is 9.83. The summed E-state index contributed by atoms with van der Waals surface area (Å²) in [6.45, 7) is 2.51. The lowest BCUT2D eigenvalue weighted by molar-refractivity contribution is 0.217. The molecule has 0 radical (unpaired) electrons. The SMILES string of the molecule is Cc1ccnc(OCCC2CCC2)c1/C(N)=N/O. The first kappa shape index (κ1) is 12.7. The van der Waals surface area contributed by atoms with Crippen LogP contribution in [0.3, 0.4) is 0 Å². The maximum atomic E-state index is 8.78. The molecule has 0 unspecified atom stereocenters. The number of amidine groups is 1. The summed E-state index contributed by atoms with van der Waals surface area (Å²) in [6.07, 6.45) is 6.66. The molecule has 1 fully saturated rings. The first-order valence-corrected chi connectivity index (χ1v) is 6.28. The van der Waals surface area contributed by atoms with Crippen LogP contribution >= 0.6 is 0 Å². The second-order valence-electron chi connectivity index (χ2n) is 4.73. The van der Waals surface area contributed by atoms with Gasteiger partial charge in [0.2, 0.25) is 5.88 Å². The third-order valence-electron chi connectivity index (χ3n) is 3.48. The molecule has 1 aromatic rings. The fraction of sp³-hybridized carbons (Fsp3) is 0.538. The first-order valence-electron chi connectivity index (χ1n) is 6.28. The average molecular weight is 249 g/mol. The van der Waals surface area contributed by atoms with Crippen LogP contribution in [0.2, 0.25) is 0 Å². The summed E-state index contributed by atoms with van der Waals surface area (Å²) in [4.78, 5) is 4.16. The lowest BCUT2D eigenvalue weighted by Crippen LogP contribution is -2.19. The fourth-order valence-electron chi connectivity index (χ4n) is 2.11. The van der Waals surface area contributed by atoms with Gasteiger partial charge in [-0.3, -0.25) is 0 Å². The highest BCUT2D eigenvalue weighted by molar-refractivity contribution is 6.00. The molecule has 3 N–H and O–H groups in total. The van der Waals surface area contributed by atoms with Crippen molar-refractivity contribution in [3.8, 4) is 5.88 Å². The Hall–Kier alpha value is -1.78. The van der Waals surface area contributed by atoms with E-state index < -0.39 is 0 Å². The van der Waals surface area contributed by atoms with Gasteiger partial charge in [-0.1, -0.05) is 24.4 Å². The van der Waals surface area contributed by atoms with Gasteiger partial charge in [0.25, 0.3) is 0 Å². The van der Waals surface area contributed by atoms with Crippen molar-refractivity contribution in [2.45, 2.75) is 32.6 Å². The second kappa shape index (κ2) is 5.71. The van der Waals surface area contributed by atoms with E-state index in [-0.39, 0.29) is 5.84 Å². The van der Waals surface area contributed by atoms with Gasteiger partial charge < -0.3 is 15.7 Å². The van der Waals surface area contributed by atoms with Crippen molar-refractivity contribution < 1.29 is 9.94 Å². The predicted molar refractivity (Wildman–Crippen MR) is 68.9 cm³/mol. The summed E-state index contributed by atoms with van der Waals surface area (Å²) in [6, 6.07) is 1.81. The number of oxime groups is 1. The average Bonchev–Trinajstić information content (AvgIpc) is 2.31. The Labute approximate surface area is 107 Å². The summed E-state index contributed by atoms with van der Waals surface area (Å²) in [5, 5.41) is 11.8. The first-order chi connectivity index (χ1) is 8.72. The molecule has 0 aromatic carbocycles. The predicted octanol–water partition coefficient (Wildman–Crippen LogP) is 2.05. The molecule has 0 amide bonds. The van der Waals surface area contributed by atoms with Crippen molar-refractivity contribution in [3.05, 3.63) is 23.4 Å². The van der Waals surface area contributed by atoms with Crippen molar-refractivity contribution in [2.24, 2.45) is 16.8 Å². The molecule has 1 heterocycles. The Kier molecular flexibility index (Phi) is 4.02. The number of nitrogens with zero attached hydrogens (tertiary/aromatic N) is 2. The van der Waals surface area contributed by atoms with Crippen molar-refractivity contribution in [1.82, 2.24) is 4.98 Å². The number of ether oxygens (including phenoxy) is 1. The van der Waals surface area contributed by atoms with Gasteiger partial charge in [0.05, 0.1) is 12.2 Å². The lowest BCUT2D eigenvalue weighted by Gasteiger charge is -2.25. The van der Waals surface area contributed by atoms with Crippen LogP contribution in [-0.2, 0) is 0 Å². The van der Waals surface area contributed by atoms with E-state index in [9.17, 15) is 0 Å².